The van der Waals surface area contributed by atoms with Crippen molar-refractivity contribution in [2.45, 2.75) is 32.8 Å². The summed E-state index contributed by atoms with van der Waals surface area (Å²) < 4.78 is 10.7. The van der Waals surface area contributed by atoms with E-state index in [1.54, 1.807) is 18.2 Å². The van der Waals surface area contributed by atoms with Crippen LogP contribution in [-0.4, -0.2) is 30.2 Å². The van der Waals surface area contributed by atoms with Gasteiger partial charge in [0, 0.05) is 24.0 Å². The molecule has 1 aliphatic heterocycles. The molecule has 1 heterocycles. The first-order valence-electron chi connectivity index (χ1n) is 6.95. The summed E-state index contributed by atoms with van der Waals surface area (Å²) in [5.41, 5.74) is 8.02. The standard InChI is InChI=1S/C16H22N2O3/c1-16(2,3)21-15(19)18-9-8-11(10-18)14-12(17)6-5-7-13(14)20-4/h5-7,10H,8-9,17H2,1-4H3. The molecule has 0 unspecified atom stereocenters. The second kappa shape index (κ2) is 5.68. The molecule has 2 rings (SSSR count). The minimum atomic E-state index is -0.503. The zero-order valence-corrected chi connectivity index (χ0v) is 13.0. The van der Waals surface area contributed by atoms with Crippen molar-refractivity contribution in [2.24, 2.45) is 0 Å². The van der Waals surface area contributed by atoms with Gasteiger partial charge in [-0.05, 0) is 44.9 Å². The summed E-state index contributed by atoms with van der Waals surface area (Å²) in [5, 5.41) is 0. The predicted octanol–water partition coefficient (Wildman–Crippen LogP) is 3.26. The second-order valence-corrected chi connectivity index (χ2v) is 6.00. The van der Waals surface area contributed by atoms with Crippen molar-refractivity contribution in [3.8, 4) is 5.75 Å². The topological polar surface area (TPSA) is 64.8 Å². The Morgan fingerprint density at radius 1 is 1.33 bits per heavy atom. The van der Waals surface area contributed by atoms with Crippen LogP contribution in [0.5, 0.6) is 5.75 Å². The highest BCUT2D eigenvalue weighted by atomic mass is 16.6. The number of nitrogens with two attached hydrogens (primary N) is 1. The lowest BCUT2D eigenvalue weighted by atomic mass is 10.0. The van der Waals surface area contributed by atoms with Gasteiger partial charge in [-0.15, -0.1) is 0 Å². The van der Waals surface area contributed by atoms with E-state index < -0.39 is 5.60 Å². The summed E-state index contributed by atoms with van der Waals surface area (Å²) in [6.45, 7) is 6.14. The van der Waals surface area contributed by atoms with Crippen molar-refractivity contribution < 1.29 is 14.3 Å². The molecule has 2 N–H and O–H groups in total. The fourth-order valence-electron chi connectivity index (χ4n) is 2.27. The number of rotatable bonds is 2. The molecule has 114 valence electrons. The van der Waals surface area contributed by atoms with Crippen LogP contribution in [0.2, 0.25) is 0 Å². The molecule has 0 fully saturated rings. The van der Waals surface area contributed by atoms with E-state index in [4.69, 9.17) is 15.2 Å². The highest BCUT2D eigenvalue weighted by molar-refractivity contribution is 5.83. The van der Waals surface area contributed by atoms with Crippen LogP contribution in [0.25, 0.3) is 5.57 Å². The first-order chi connectivity index (χ1) is 9.81. The Bertz CT molecular complexity index is 573. The first-order valence-corrected chi connectivity index (χ1v) is 6.95. The van der Waals surface area contributed by atoms with E-state index in [0.29, 0.717) is 18.0 Å². The van der Waals surface area contributed by atoms with Crippen LogP contribution in [0.1, 0.15) is 32.8 Å². The fourth-order valence-corrected chi connectivity index (χ4v) is 2.27. The Morgan fingerprint density at radius 2 is 2.05 bits per heavy atom. The van der Waals surface area contributed by atoms with Gasteiger partial charge in [0.1, 0.15) is 11.4 Å². The van der Waals surface area contributed by atoms with Gasteiger partial charge in [-0.2, -0.15) is 0 Å². The van der Waals surface area contributed by atoms with Gasteiger partial charge in [-0.3, -0.25) is 4.90 Å². The smallest absolute Gasteiger partial charge is 0.414 e. The highest BCUT2D eigenvalue weighted by Crippen LogP contribution is 2.36. The molecule has 0 saturated heterocycles. The van der Waals surface area contributed by atoms with Gasteiger partial charge in [-0.1, -0.05) is 6.07 Å². The van der Waals surface area contributed by atoms with E-state index in [0.717, 1.165) is 17.6 Å². The quantitative estimate of drug-likeness (QED) is 0.849. The summed E-state index contributed by atoms with van der Waals surface area (Å²) in [5.74, 6) is 0.715. The summed E-state index contributed by atoms with van der Waals surface area (Å²) in [6.07, 6.45) is 2.18. The molecule has 1 aromatic carbocycles. The molecule has 21 heavy (non-hydrogen) atoms. The summed E-state index contributed by atoms with van der Waals surface area (Å²) in [7, 11) is 1.61. The third-order valence-corrected chi connectivity index (χ3v) is 3.16. The Balaban J connectivity index is 2.24. The predicted molar refractivity (Wildman–Crippen MR) is 82.9 cm³/mol. The van der Waals surface area contributed by atoms with Gasteiger partial charge >= 0.3 is 6.09 Å². The average molecular weight is 290 g/mol. The van der Waals surface area contributed by atoms with Crippen LogP contribution < -0.4 is 10.5 Å². The molecule has 0 radical (unpaired) electrons. The van der Waals surface area contributed by atoms with Gasteiger partial charge in [0.2, 0.25) is 0 Å². The van der Waals surface area contributed by atoms with Crippen molar-refractivity contribution in [1.82, 2.24) is 4.90 Å². The summed E-state index contributed by atoms with van der Waals surface area (Å²) in [6, 6.07) is 5.54. The van der Waals surface area contributed by atoms with Crippen molar-refractivity contribution in [3.63, 3.8) is 0 Å². The van der Waals surface area contributed by atoms with E-state index in [-0.39, 0.29) is 6.09 Å². The Kier molecular flexibility index (Phi) is 4.11. The number of ether oxygens (including phenoxy) is 2. The third kappa shape index (κ3) is 3.48. The van der Waals surface area contributed by atoms with Crippen LogP contribution >= 0.6 is 0 Å². The van der Waals surface area contributed by atoms with Crippen molar-refractivity contribution in [2.75, 3.05) is 19.4 Å². The largest absolute Gasteiger partial charge is 0.496 e. The number of anilines is 1. The van der Waals surface area contributed by atoms with Crippen LogP contribution in [0, 0.1) is 0 Å². The van der Waals surface area contributed by atoms with Gasteiger partial charge < -0.3 is 15.2 Å². The molecule has 1 aromatic rings. The molecule has 0 spiro atoms. The van der Waals surface area contributed by atoms with E-state index >= 15 is 0 Å². The van der Waals surface area contributed by atoms with Crippen molar-refractivity contribution in [3.05, 3.63) is 30.0 Å². The Hall–Kier alpha value is -2.17. The molecule has 1 aliphatic rings. The Labute approximate surface area is 125 Å². The molecule has 0 aliphatic carbocycles. The fraction of sp³-hybridized carbons (Fsp3) is 0.438. The van der Waals surface area contributed by atoms with E-state index in [1.807, 2.05) is 39.0 Å². The average Bonchev–Trinajstić information content (AvgIpc) is 2.85. The molecule has 1 amide bonds. The number of methoxy groups -OCH3 is 1. The van der Waals surface area contributed by atoms with E-state index in [9.17, 15) is 4.79 Å². The number of benzene rings is 1. The van der Waals surface area contributed by atoms with Crippen molar-refractivity contribution in [1.29, 1.82) is 0 Å². The number of nitrogen functional groups attached to an aromatic ring is 1. The van der Waals surface area contributed by atoms with Crippen LogP contribution in [0.4, 0.5) is 10.5 Å². The summed E-state index contributed by atoms with van der Waals surface area (Å²) >= 11 is 0. The van der Waals surface area contributed by atoms with Gasteiger partial charge in [0.25, 0.3) is 0 Å². The zero-order valence-electron chi connectivity index (χ0n) is 13.0. The minimum absolute atomic E-state index is 0.342. The number of carbonyl (C=O) groups excluding carboxylic acids is 1. The number of nitrogens with zero attached hydrogens (tertiary/aromatic N) is 1. The molecule has 0 saturated carbocycles. The highest BCUT2D eigenvalue weighted by Gasteiger charge is 2.26. The summed E-state index contributed by atoms with van der Waals surface area (Å²) in [4.78, 5) is 13.6. The van der Waals surface area contributed by atoms with Crippen LogP contribution in [-0.2, 0) is 4.74 Å². The van der Waals surface area contributed by atoms with E-state index in [1.165, 1.54) is 0 Å². The Morgan fingerprint density at radius 3 is 2.67 bits per heavy atom. The minimum Gasteiger partial charge on any atom is -0.496 e. The van der Waals surface area contributed by atoms with Crippen LogP contribution in [0.15, 0.2) is 24.4 Å². The maximum Gasteiger partial charge on any atom is 0.414 e. The molecular weight excluding hydrogens is 268 g/mol. The van der Waals surface area contributed by atoms with Gasteiger partial charge in [0.05, 0.1) is 7.11 Å². The number of amides is 1. The van der Waals surface area contributed by atoms with E-state index in [2.05, 4.69) is 0 Å². The lowest BCUT2D eigenvalue weighted by Crippen LogP contribution is -2.32. The maximum atomic E-state index is 12.1. The number of carbonyl (C=O) groups is 1. The normalized spacial score (nSPS) is 14.9. The molecule has 5 nitrogen and oxygen atoms in total. The second-order valence-electron chi connectivity index (χ2n) is 6.00. The van der Waals surface area contributed by atoms with Crippen molar-refractivity contribution >= 4 is 17.4 Å². The van der Waals surface area contributed by atoms with Crippen LogP contribution in [0.3, 0.4) is 0 Å². The molecular formula is C16H22N2O3. The molecule has 0 aromatic heterocycles. The molecule has 0 bridgehead atoms. The number of hydrogen-bond donors (Lipinski definition) is 1. The zero-order chi connectivity index (χ0) is 15.6. The lowest BCUT2D eigenvalue weighted by molar-refractivity contribution is 0.0349. The maximum absolute atomic E-state index is 12.1. The van der Waals surface area contributed by atoms with Gasteiger partial charge in [0.15, 0.2) is 0 Å². The monoisotopic (exact) mass is 290 g/mol. The first kappa shape index (κ1) is 15.2. The molecule has 0 atom stereocenters. The number of hydrogen-bond acceptors (Lipinski definition) is 4. The molecule has 5 heteroatoms. The lowest BCUT2D eigenvalue weighted by Gasteiger charge is -2.23. The third-order valence-electron chi connectivity index (χ3n) is 3.16. The van der Waals surface area contributed by atoms with Gasteiger partial charge in [-0.25, -0.2) is 4.79 Å². The SMILES string of the molecule is COc1cccc(N)c1C1=CN(C(=O)OC(C)(C)C)CC1.